The van der Waals surface area contributed by atoms with Crippen molar-refractivity contribution in [2.45, 2.75) is 52.0 Å². The lowest BCUT2D eigenvalue weighted by molar-refractivity contribution is 0.161. The Labute approximate surface area is 82.8 Å². The Morgan fingerprint density at radius 3 is 2.23 bits per heavy atom. The van der Waals surface area contributed by atoms with E-state index >= 15 is 0 Å². The number of methoxy groups -OCH3 is 1. The summed E-state index contributed by atoms with van der Waals surface area (Å²) in [7, 11) is 1.73. The quantitative estimate of drug-likeness (QED) is 0.665. The predicted octanol–water partition coefficient (Wildman–Crippen LogP) is 2.57. The maximum atomic E-state index is 6.17. The number of rotatable bonds is 7. The van der Waals surface area contributed by atoms with Crippen molar-refractivity contribution < 1.29 is 4.74 Å². The molecular formula is C11H25NO. The molecule has 0 bridgehead atoms. The Hall–Kier alpha value is -0.0800. The van der Waals surface area contributed by atoms with Gasteiger partial charge in [0.05, 0.1) is 0 Å². The Morgan fingerprint density at radius 1 is 1.31 bits per heavy atom. The Morgan fingerprint density at radius 2 is 1.85 bits per heavy atom. The van der Waals surface area contributed by atoms with Gasteiger partial charge in [-0.25, -0.2) is 0 Å². The summed E-state index contributed by atoms with van der Waals surface area (Å²) >= 11 is 0. The van der Waals surface area contributed by atoms with E-state index < -0.39 is 0 Å². The van der Waals surface area contributed by atoms with E-state index in [1.165, 1.54) is 12.8 Å². The number of hydrogen-bond acceptors (Lipinski definition) is 2. The van der Waals surface area contributed by atoms with Crippen LogP contribution in [-0.4, -0.2) is 19.3 Å². The van der Waals surface area contributed by atoms with E-state index in [0.717, 1.165) is 25.4 Å². The molecule has 0 aromatic heterocycles. The monoisotopic (exact) mass is 187 g/mol. The van der Waals surface area contributed by atoms with Crippen LogP contribution in [0.5, 0.6) is 0 Å². The summed E-state index contributed by atoms with van der Waals surface area (Å²) in [6.45, 7) is 7.37. The molecule has 0 heterocycles. The van der Waals surface area contributed by atoms with Crippen molar-refractivity contribution in [3.63, 3.8) is 0 Å². The van der Waals surface area contributed by atoms with Gasteiger partial charge in [-0.3, -0.25) is 0 Å². The minimum atomic E-state index is -0.0489. The summed E-state index contributed by atoms with van der Waals surface area (Å²) in [6.07, 6.45) is 4.54. The third kappa shape index (κ3) is 6.05. The molecule has 0 amide bonds. The number of hydrogen-bond donors (Lipinski definition) is 1. The van der Waals surface area contributed by atoms with Gasteiger partial charge in [-0.2, -0.15) is 0 Å². The summed E-state index contributed by atoms with van der Waals surface area (Å²) in [6, 6.07) is 0. The van der Waals surface area contributed by atoms with Crippen LogP contribution in [-0.2, 0) is 4.74 Å². The summed E-state index contributed by atoms with van der Waals surface area (Å²) in [4.78, 5) is 0. The highest BCUT2D eigenvalue weighted by atomic mass is 16.5. The Kier molecular flexibility index (Phi) is 6.35. The molecule has 0 aliphatic carbocycles. The zero-order valence-electron chi connectivity index (χ0n) is 9.60. The van der Waals surface area contributed by atoms with E-state index in [9.17, 15) is 0 Å². The molecule has 0 aromatic carbocycles. The maximum absolute atomic E-state index is 6.17. The lowest BCUT2D eigenvalue weighted by Gasteiger charge is -2.28. The molecule has 2 nitrogen and oxygen atoms in total. The SMILES string of the molecule is CCC(CC)CC(C)(N)CCOC. The highest BCUT2D eigenvalue weighted by Crippen LogP contribution is 2.22. The zero-order chi connectivity index (χ0) is 10.3. The van der Waals surface area contributed by atoms with Crippen LogP contribution in [0.4, 0.5) is 0 Å². The molecular weight excluding hydrogens is 162 g/mol. The average molecular weight is 187 g/mol. The van der Waals surface area contributed by atoms with Crippen molar-refractivity contribution in [1.29, 1.82) is 0 Å². The van der Waals surface area contributed by atoms with Crippen LogP contribution in [0.3, 0.4) is 0 Å². The Bertz CT molecular complexity index is 119. The molecule has 0 fully saturated rings. The molecule has 0 aliphatic heterocycles. The molecule has 0 aliphatic rings. The lowest BCUT2D eigenvalue weighted by atomic mass is 9.85. The second kappa shape index (κ2) is 6.39. The van der Waals surface area contributed by atoms with E-state index in [4.69, 9.17) is 10.5 Å². The minimum Gasteiger partial charge on any atom is -0.385 e. The number of ether oxygens (including phenoxy) is 1. The lowest BCUT2D eigenvalue weighted by Crippen LogP contribution is -2.39. The van der Waals surface area contributed by atoms with Crippen LogP contribution >= 0.6 is 0 Å². The van der Waals surface area contributed by atoms with Gasteiger partial charge in [0, 0.05) is 19.3 Å². The molecule has 0 spiro atoms. The van der Waals surface area contributed by atoms with Crippen molar-refractivity contribution in [3.8, 4) is 0 Å². The molecule has 0 saturated heterocycles. The van der Waals surface area contributed by atoms with Crippen LogP contribution in [0.15, 0.2) is 0 Å². The van der Waals surface area contributed by atoms with Gasteiger partial charge in [0.1, 0.15) is 0 Å². The molecule has 80 valence electrons. The molecule has 1 unspecified atom stereocenters. The molecule has 0 radical (unpaired) electrons. The van der Waals surface area contributed by atoms with E-state index in [0.29, 0.717) is 0 Å². The highest BCUT2D eigenvalue weighted by Gasteiger charge is 2.21. The second-order valence-electron chi connectivity index (χ2n) is 4.28. The van der Waals surface area contributed by atoms with Gasteiger partial charge >= 0.3 is 0 Å². The normalized spacial score (nSPS) is 16.2. The van der Waals surface area contributed by atoms with Gasteiger partial charge in [0.25, 0.3) is 0 Å². The van der Waals surface area contributed by atoms with Gasteiger partial charge < -0.3 is 10.5 Å². The van der Waals surface area contributed by atoms with Crippen molar-refractivity contribution in [2.75, 3.05) is 13.7 Å². The molecule has 0 aromatic rings. The van der Waals surface area contributed by atoms with Crippen molar-refractivity contribution >= 4 is 0 Å². The zero-order valence-corrected chi connectivity index (χ0v) is 9.60. The van der Waals surface area contributed by atoms with Gasteiger partial charge in [0.2, 0.25) is 0 Å². The Balaban J connectivity index is 3.83. The van der Waals surface area contributed by atoms with Crippen LogP contribution in [0.1, 0.15) is 46.5 Å². The third-order valence-corrected chi connectivity index (χ3v) is 2.79. The fraction of sp³-hybridized carbons (Fsp3) is 1.00. The third-order valence-electron chi connectivity index (χ3n) is 2.79. The van der Waals surface area contributed by atoms with Crippen LogP contribution in [0.25, 0.3) is 0 Å². The van der Waals surface area contributed by atoms with E-state index in [-0.39, 0.29) is 5.54 Å². The standard InChI is InChI=1S/C11H25NO/c1-5-10(6-2)9-11(3,12)7-8-13-4/h10H,5-9,12H2,1-4H3. The van der Waals surface area contributed by atoms with Gasteiger partial charge in [-0.15, -0.1) is 0 Å². The first-order chi connectivity index (χ1) is 6.05. The molecule has 0 saturated carbocycles. The minimum absolute atomic E-state index is 0.0489. The van der Waals surface area contributed by atoms with Crippen molar-refractivity contribution in [3.05, 3.63) is 0 Å². The summed E-state index contributed by atoms with van der Waals surface area (Å²) in [5.74, 6) is 0.770. The van der Waals surface area contributed by atoms with Crippen molar-refractivity contribution in [2.24, 2.45) is 11.7 Å². The van der Waals surface area contributed by atoms with Crippen LogP contribution < -0.4 is 5.73 Å². The highest BCUT2D eigenvalue weighted by molar-refractivity contribution is 4.80. The first kappa shape index (κ1) is 12.9. The molecule has 2 heteroatoms. The van der Waals surface area contributed by atoms with Crippen molar-refractivity contribution in [1.82, 2.24) is 0 Å². The largest absolute Gasteiger partial charge is 0.385 e. The van der Waals surface area contributed by atoms with Crippen LogP contribution in [0, 0.1) is 5.92 Å². The summed E-state index contributed by atoms with van der Waals surface area (Å²) in [5.41, 5.74) is 6.13. The van der Waals surface area contributed by atoms with Gasteiger partial charge in [-0.1, -0.05) is 26.7 Å². The van der Waals surface area contributed by atoms with E-state index in [1.807, 2.05) is 0 Å². The fourth-order valence-electron chi connectivity index (χ4n) is 1.67. The predicted molar refractivity (Wildman–Crippen MR) is 57.8 cm³/mol. The maximum Gasteiger partial charge on any atom is 0.0479 e. The second-order valence-corrected chi connectivity index (χ2v) is 4.28. The topological polar surface area (TPSA) is 35.2 Å². The van der Waals surface area contributed by atoms with Gasteiger partial charge in [-0.05, 0) is 25.7 Å². The first-order valence-electron chi connectivity index (χ1n) is 5.33. The molecule has 0 rings (SSSR count). The fourth-order valence-corrected chi connectivity index (χ4v) is 1.67. The summed E-state index contributed by atoms with van der Waals surface area (Å²) in [5, 5.41) is 0. The van der Waals surface area contributed by atoms with Gasteiger partial charge in [0.15, 0.2) is 0 Å². The molecule has 2 N–H and O–H groups in total. The first-order valence-corrected chi connectivity index (χ1v) is 5.33. The molecule has 1 atom stereocenters. The summed E-state index contributed by atoms with van der Waals surface area (Å²) < 4.78 is 5.05. The van der Waals surface area contributed by atoms with Crippen LogP contribution in [0.2, 0.25) is 0 Å². The average Bonchev–Trinajstić information content (AvgIpc) is 2.11. The molecule has 13 heavy (non-hydrogen) atoms. The van der Waals surface area contributed by atoms with E-state index in [1.54, 1.807) is 7.11 Å². The smallest absolute Gasteiger partial charge is 0.0479 e. The number of nitrogens with two attached hydrogens (primary N) is 1. The van der Waals surface area contributed by atoms with E-state index in [2.05, 4.69) is 20.8 Å².